The van der Waals surface area contributed by atoms with Crippen LogP contribution < -0.4 is 0 Å². The molecular weight excluding hydrogens is 214 g/mol. The predicted molar refractivity (Wildman–Crippen MR) is 56.5 cm³/mol. The lowest BCUT2D eigenvalue weighted by molar-refractivity contribution is 0.176. The normalized spacial score (nSPS) is 12.7. The van der Waals surface area contributed by atoms with Gasteiger partial charge in [-0.15, -0.1) is 0 Å². The highest BCUT2D eigenvalue weighted by Gasteiger charge is 2.09. The molecule has 1 aromatic carbocycles. The molecule has 2 aromatic rings. The van der Waals surface area contributed by atoms with Gasteiger partial charge in [0.05, 0.1) is 6.10 Å². The predicted octanol–water partition coefficient (Wildman–Crippen LogP) is 1.73. The molecule has 1 aromatic heterocycles. The van der Waals surface area contributed by atoms with Gasteiger partial charge in [-0.1, -0.05) is 23.7 Å². The SMILES string of the molecule is OC(Cc1ncn[nH]1)c1ccc(Cl)cc1. The summed E-state index contributed by atoms with van der Waals surface area (Å²) in [5.74, 6) is 0.664. The van der Waals surface area contributed by atoms with Crippen LogP contribution in [0.2, 0.25) is 5.02 Å². The van der Waals surface area contributed by atoms with Crippen LogP contribution in [0.4, 0.5) is 0 Å². The van der Waals surface area contributed by atoms with E-state index in [2.05, 4.69) is 15.2 Å². The molecule has 0 aliphatic rings. The number of hydrogen-bond acceptors (Lipinski definition) is 3. The summed E-state index contributed by atoms with van der Waals surface area (Å²) in [4.78, 5) is 3.95. The van der Waals surface area contributed by atoms with E-state index in [9.17, 15) is 5.11 Å². The number of nitrogens with one attached hydrogen (secondary N) is 1. The van der Waals surface area contributed by atoms with Crippen LogP contribution in [0.25, 0.3) is 0 Å². The molecule has 0 saturated heterocycles. The molecule has 0 fully saturated rings. The van der Waals surface area contributed by atoms with E-state index in [1.807, 2.05) is 0 Å². The number of aliphatic hydroxyl groups is 1. The van der Waals surface area contributed by atoms with Gasteiger partial charge in [-0.05, 0) is 17.7 Å². The summed E-state index contributed by atoms with van der Waals surface area (Å²) in [5.41, 5.74) is 0.816. The standard InChI is InChI=1S/C10H10ClN3O/c11-8-3-1-7(2-4-8)9(15)5-10-12-6-13-14-10/h1-4,6,9,15H,5H2,(H,12,13,14). The molecule has 0 radical (unpaired) electrons. The Balaban J connectivity index is 2.08. The average Bonchev–Trinajstić information content (AvgIpc) is 2.71. The summed E-state index contributed by atoms with van der Waals surface area (Å²) in [5, 5.41) is 16.9. The zero-order chi connectivity index (χ0) is 10.7. The lowest BCUT2D eigenvalue weighted by Gasteiger charge is -2.08. The lowest BCUT2D eigenvalue weighted by atomic mass is 10.1. The highest BCUT2D eigenvalue weighted by molar-refractivity contribution is 6.30. The summed E-state index contributed by atoms with van der Waals surface area (Å²) in [6, 6.07) is 7.09. The van der Waals surface area contributed by atoms with Gasteiger partial charge >= 0.3 is 0 Å². The molecule has 0 aliphatic carbocycles. The molecule has 1 unspecified atom stereocenters. The van der Waals surface area contributed by atoms with E-state index in [4.69, 9.17) is 11.6 Å². The number of aromatic amines is 1. The highest BCUT2D eigenvalue weighted by atomic mass is 35.5. The van der Waals surface area contributed by atoms with Crippen LogP contribution in [0.15, 0.2) is 30.6 Å². The first-order chi connectivity index (χ1) is 7.25. The first kappa shape index (κ1) is 10.1. The maximum atomic E-state index is 9.85. The first-order valence-corrected chi connectivity index (χ1v) is 4.91. The van der Waals surface area contributed by atoms with Gasteiger partial charge in [-0.25, -0.2) is 4.98 Å². The van der Waals surface area contributed by atoms with E-state index in [1.54, 1.807) is 24.3 Å². The maximum Gasteiger partial charge on any atom is 0.137 e. The Morgan fingerprint density at radius 1 is 1.33 bits per heavy atom. The van der Waals surface area contributed by atoms with Crippen molar-refractivity contribution in [2.75, 3.05) is 0 Å². The first-order valence-electron chi connectivity index (χ1n) is 4.53. The Labute approximate surface area is 91.9 Å². The molecule has 4 nitrogen and oxygen atoms in total. The van der Waals surface area contributed by atoms with Gasteiger partial charge in [0.1, 0.15) is 12.2 Å². The van der Waals surface area contributed by atoms with Crippen LogP contribution in [0.3, 0.4) is 0 Å². The number of H-pyrrole nitrogens is 1. The molecule has 78 valence electrons. The molecule has 1 heterocycles. The van der Waals surface area contributed by atoms with E-state index in [1.165, 1.54) is 6.33 Å². The monoisotopic (exact) mass is 223 g/mol. The Morgan fingerprint density at radius 2 is 2.07 bits per heavy atom. The van der Waals surface area contributed by atoms with Crippen molar-refractivity contribution in [3.8, 4) is 0 Å². The molecule has 1 atom stereocenters. The van der Waals surface area contributed by atoms with Crippen LogP contribution in [0.5, 0.6) is 0 Å². The molecule has 0 aliphatic heterocycles. The Morgan fingerprint density at radius 3 is 2.67 bits per heavy atom. The van der Waals surface area contributed by atoms with Gasteiger partial charge in [0.25, 0.3) is 0 Å². The fourth-order valence-electron chi connectivity index (χ4n) is 1.32. The number of rotatable bonds is 3. The summed E-state index contributed by atoms with van der Waals surface area (Å²) in [6.07, 6.45) is 1.25. The van der Waals surface area contributed by atoms with Crippen LogP contribution >= 0.6 is 11.6 Å². The number of aliphatic hydroxyl groups excluding tert-OH is 1. The third-order valence-electron chi connectivity index (χ3n) is 2.11. The van der Waals surface area contributed by atoms with Crippen LogP contribution in [-0.2, 0) is 6.42 Å². The minimum Gasteiger partial charge on any atom is -0.388 e. The van der Waals surface area contributed by atoms with Crippen molar-refractivity contribution in [1.82, 2.24) is 15.2 Å². The van der Waals surface area contributed by atoms with Crippen molar-refractivity contribution in [1.29, 1.82) is 0 Å². The molecule has 0 spiro atoms. The zero-order valence-corrected chi connectivity index (χ0v) is 8.65. The molecule has 0 bridgehead atoms. The topological polar surface area (TPSA) is 61.8 Å². The lowest BCUT2D eigenvalue weighted by Crippen LogP contribution is -2.03. The van der Waals surface area contributed by atoms with Crippen LogP contribution in [0.1, 0.15) is 17.5 Å². The quantitative estimate of drug-likeness (QED) is 0.833. The van der Waals surface area contributed by atoms with Gasteiger partial charge < -0.3 is 5.11 Å². The second-order valence-electron chi connectivity index (χ2n) is 3.20. The molecule has 0 saturated carbocycles. The second kappa shape index (κ2) is 4.42. The molecule has 2 N–H and O–H groups in total. The van der Waals surface area contributed by atoms with E-state index in [0.29, 0.717) is 17.3 Å². The number of benzene rings is 1. The molecular formula is C10H10ClN3O. The van der Waals surface area contributed by atoms with Gasteiger partial charge in [0.15, 0.2) is 0 Å². The summed E-state index contributed by atoms with van der Waals surface area (Å²) in [7, 11) is 0. The Hall–Kier alpha value is -1.39. The molecule has 15 heavy (non-hydrogen) atoms. The Bertz CT molecular complexity index is 413. The van der Waals surface area contributed by atoms with Crippen molar-refractivity contribution in [3.05, 3.63) is 47.0 Å². The van der Waals surface area contributed by atoms with Gasteiger partial charge in [-0.3, -0.25) is 5.10 Å². The van der Waals surface area contributed by atoms with Crippen molar-refractivity contribution >= 4 is 11.6 Å². The fourth-order valence-corrected chi connectivity index (χ4v) is 1.44. The van der Waals surface area contributed by atoms with E-state index in [0.717, 1.165) is 5.56 Å². The van der Waals surface area contributed by atoms with Crippen LogP contribution in [0, 0.1) is 0 Å². The molecule has 5 heteroatoms. The molecule has 2 rings (SSSR count). The number of nitrogens with zero attached hydrogens (tertiary/aromatic N) is 2. The largest absolute Gasteiger partial charge is 0.388 e. The third kappa shape index (κ3) is 2.55. The number of hydrogen-bond donors (Lipinski definition) is 2. The number of halogens is 1. The minimum atomic E-state index is -0.588. The summed E-state index contributed by atoms with van der Waals surface area (Å²) < 4.78 is 0. The van der Waals surface area contributed by atoms with Gasteiger partial charge in [0.2, 0.25) is 0 Å². The zero-order valence-electron chi connectivity index (χ0n) is 7.89. The van der Waals surface area contributed by atoms with Crippen molar-refractivity contribution in [2.24, 2.45) is 0 Å². The fraction of sp³-hybridized carbons (Fsp3) is 0.200. The highest BCUT2D eigenvalue weighted by Crippen LogP contribution is 2.18. The van der Waals surface area contributed by atoms with E-state index >= 15 is 0 Å². The maximum absolute atomic E-state index is 9.85. The third-order valence-corrected chi connectivity index (χ3v) is 2.36. The van der Waals surface area contributed by atoms with Crippen molar-refractivity contribution in [3.63, 3.8) is 0 Å². The van der Waals surface area contributed by atoms with E-state index in [-0.39, 0.29) is 0 Å². The van der Waals surface area contributed by atoms with Crippen molar-refractivity contribution < 1.29 is 5.11 Å². The van der Waals surface area contributed by atoms with Gasteiger partial charge in [0, 0.05) is 11.4 Å². The summed E-state index contributed by atoms with van der Waals surface area (Å²) in [6.45, 7) is 0. The summed E-state index contributed by atoms with van der Waals surface area (Å²) >= 11 is 5.75. The Kier molecular flexibility index (Phi) is 2.99. The number of aromatic nitrogens is 3. The smallest absolute Gasteiger partial charge is 0.137 e. The molecule has 0 amide bonds. The average molecular weight is 224 g/mol. The van der Waals surface area contributed by atoms with Gasteiger partial charge in [-0.2, -0.15) is 5.10 Å². The second-order valence-corrected chi connectivity index (χ2v) is 3.64. The van der Waals surface area contributed by atoms with Crippen LogP contribution in [-0.4, -0.2) is 20.3 Å². The van der Waals surface area contributed by atoms with E-state index < -0.39 is 6.10 Å². The minimum absolute atomic E-state index is 0.418. The van der Waals surface area contributed by atoms with Crippen molar-refractivity contribution in [2.45, 2.75) is 12.5 Å².